The Kier molecular flexibility index (Phi) is 8.17. The highest BCUT2D eigenvalue weighted by Crippen LogP contribution is 2.35. The summed E-state index contributed by atoms with van der Waals surface area (Å²) in [5.74, 6) is -0.445. The molecule has 1 amide bonds. The number of anilines is 1. The van der Waals surface area contributed by atoms with Crippen LogP contribution in [0.15, 0.2) is 49.1 Å². The van der Waals surface area contributed by atoms with Crippen molar-refractivity contribution >= 4 is 17.1 Å². The molecule has 1 fully saturated rings. The Morgan fingerprint density at radius 3 is 2.57 bits per heavy atom. The van der Waals surface area contributed by atoms with Crippen molar-refractivity contribution in [1.29, 1.82) is 5.26 Å². The van der Waals surface area contributed by atoms with Gasteiger partial charge in [-0.2, -0.15) is 24.2 Å². The summed E-state index contributed by atoms with van der Waals surface area (Å²) >= 11 is 0. The van der Waals surface area contributed by atoms with Gasteiger partial charge in [-0.1, -0.05) is 0 Å². The summed E-state index contributed by atoms with van der Waals surface area (Å²) in [6, 6.07) is 9.12. The first-order chi connectivity index (χ1) is 20.0. The van der Waals surface area contributed by atoms with Crippen LogP contribution in [0.2, 0.25) is 0 Å². The maximum Gasteiger partial charge on any atom is 0.333 e. The van der Waals surface area contributed by atoms with Crippen LogP contribution in [0.25, 0.3) is 16.9 Å². The first-order valence-electron chi connectivity index (χ1n) is 13.6. The molecule has 0 radical (unpaired) electrons. The van der Waals surface area contributed by atoms with Gasteiger partial charge in [-0.25, -0.2) is 13.6 Å². The fourth-order valence-electron chi connectivity index (χ4n) is 5.14. The highest BCUT2D eigenvalue weighted by Gasteiger charge is 2.29. The Morgan fingerprint density at radius 2 is 1.90 bits per heavy atom. The number of carbonyl (C=O) groups excluding carboxylic acids is 1. The Hall–Kier alpha value is -4.44. The Morgan fingerprint density at radius 1 is 1.14 bits per heavy atom. The lowest BCUT2D eigenvalue weighted by Gasteiger charge is -2.30. The summed E-state index contributed by atoms with van der Waals surface area (Å²) in [7, 11) is 0. The third kappa shape index (κ3) is 6.23. The first kappa shape index (κ1) is 29.1. The number of aromatic nitrogens is 5. The number of carbonyl (C=O) groups is 1. The second kappa shape index (κ2) is 11.8. The largest absolute Gasteiger partial charge is 0.387 e. The highest BCUT2D eigenvalue weighted by molar-refractivity contribution is 6.00. The van der Waals surface area contributed by atoms with E-state index in [1.54, 1.807) is 16.6 Å². The van der Waals surface area contributed by atoms with Crippen molar-refractivity contribution in [3.63, 3.8) is 0 Å². The van der Waals surface area contributed by atoms with Gasteiger partial charge in [-0.15, -0.1) is 0 Å². The van der Waals surface area contributed by atoms with Crippen LogP contribution in [0.3, 0.4) is 0 Å². The topological polar surface area (TPSA) is 133 Å². The average molecular weight is 581 g/mol. The van der Waals surface area contributed by atoms with Gasteiger partial charge in [0.25, 0.3) is 5.91 Å². The molecule has 13 heteroatoms. The highest BCUT2D eigenvalue weighted by atomic mass is 19.3. The molecule has 1 saturated carbocycles. The van der Waals surface area contributed by atoms with E-state index >= 15 is 0 Å². The number of halogens is 3. The van der Waals surface area contributed by atoms with E-state index in [2.05, 4.69) is 31.9 Å². The third-order valence-corrected chi connectivity index (χ3v) is 7.63. The number of hydrogen-bond acceptors (Lipinski definition) is 7. The minimum absolute atomic E-state index is 0.0149. The zero-order chi connectivity index (χ0) is 30.0. The van der Waals surface area contributed by atoms with Gasteiger partial charge in [0, 0.05) is 18.4 Å². The van der Waals surface area contributed by atoms with Crippen LogP contribution < -0.4 is 10.6 Å². The molecule has 10 nitrogen and oxygen atoms in total. The number of nitriles is 1. The Labute approximate surface area is 240 Å². The molecule has 42 heavy (non-hydrogen) atoms. The van der Waals surface area contributed by atoms with Crippen LogP contribution in [0, 0.1) is 11.3 Å². The summed E-state index contributed by atoms with van der Waals surface area (Å²) < 4.78 is 42.6. The summed E-state index contributed by atoms with van der Waals surface area (Å²) in [4.78, 5) is 17.6. The molecule has 0 unspecified atom stereocenters. The minimum Gasteiger partial charge on any atom is -0.387 e. The number of fused-ring (bicyclic) bond motifs is 1. The lowest BCUT2D eigenvalue weighted by Crippen LogP contribution is -2.42. The Balaban J connectivity index is 1.38. The fraction of sp³-hybridized carbons (Fsp3) is 0.414. The molecule has 0 aliphatic heterocycles. The smallest absolute Gasteiger partial charge is 0.333 e. The predicted molar refractivity (Wildman–Crippen MR) is 149 cm³/mol. The molecule has 0 saturated heterocycles. The normalized spacial score (nSPS) is 18.1. The molecule has 0 spiro atoms. The number of alkyl halides is 3. The van der Waals surface area contributed by atoms with Crippen LogP contribution >= 0.6 is 0 Å². The maximum atomic E-state index is 14.4. The minimum atomic E-state index is -2.68. The number of pyridine rings is 1. The van der Waals surface area contributed by atoms with Crippen LogP contribution in [0.4, 0.5) is 18.9 Å². The van der Waals surface area contributed by atoms with E-state index in [0.717, 1.165) is 31.2 Å². The van der Waals surface area contributed by atoms with Gasteiger partial charge in [0.1, 0.15) is 12.2 Å². The van der Waals surface area contributed by atoms with Gasteiger partial charge in [0.15, 0.2) is 0 Å². The van der Waals surface area contributed by atoms with Crippen molar-refractivity contribution in [2.45, 2.75) is 69.8 Å². The summed E-state index contributed by atoms with van der Waals surface area (Å²) in [5, 5.41) is 33.2. The number of aliphatic hydroxyl groups is 1. The molecule has 1 aliphatic carbocycles. The van der Waals surface area contributed by atoms with Crippen LogP contribution in [-0.4, -0.2) is 59.8 Å². The molecule has 0 aromatic carbocycles. The molecule has 1 aliphatic rings. The van der Waals surface area contributed by atoms with Gasteiger partial charge >= 0.3 is 6.55 Å². The molecule has 0 bridgehead atoms. The second-order valence-corrected chi connectivity index (χ2v) is 11.1. The maximum absolute atomic E-state index is 14.4. The quantitative estimate of drug-likeness (QED) is 0.258. The van der Waals surface area contributed by atoms with E-state index in [1.165, 1.54) is 38.6 Å². The molecule has 3 N–H and O–H groups in total. The number of amides is 1. The van der Waals surface area contributed by atoms with Gasteiger partial charge in [-0.05, 0) is 75.3 Å². The van der Waals surface area contributed by atoms with Crippen molar-refractivity contribution in [3.05, 3.63) is 65.7 Å². The lowest BCUT2D eigenvalue weighted by atomic mass is 9.83. The fourth-order valence-corrected chi connectivity index (χ4v) is 5.14. The van der Waals surface area contributed by atoms with Gasteiger partial charge < -0.3 is 15.7 Å². The molecular weight excluding hydrogens is 549 g/mol. The van der Waals surface area contributed by atoms with Crippen molar-refractivity contribution in [1.82, 2.24) is 29.7 Å². The number of hydrogen-bond donors (Lipinski definition) is 3. The molecule has 5 rings (SSSR count). The SMILES string of the molecule is CC(C)(O)[C@H](F)CNC(=O)c1cnc(-c2ccc3cc(C#N)cnn23)cc1N[C@H]1CC[C@H](c2cnn(C(F)F)c2)CC1. The molecular formula is C29H31F3N8O2. The zero-order valence-electron chi connectivity index (χ0n) is 23.1. The third-order valence-electron chi connectivity index (χ3n) is 7.63. The van der Waals surface area contributed by atoms with E-state index in [4.69, 9.17) is 0 Å². The van der Waals surface area contributed by atoms with Gasteiger partial charge in [-0.3, -0.25) is 9.78 Å². The summed E-state index contributed by atoms with van der Waals surface area (Å²) in [5.41, 5.74) is 2.17. The lowest BCUT2D eigenvalue weighted by molar-refractivity contribution is -0.00178. The van der Waals surface area contributed by atoms with E-state index in [-0.39, 0.29) is 24.1 Å². The van der Waals surface area contributed by atoms with Crippen molar-refractivity contribution in [2.24, 2.45) is 0 Å². The van der Waals surface area contributed by atoms with E-state index in [1.807, 2.05) is 12.1 Å². The molecule has 4 aromatic rings. The van der Waals surface area contributed by atoms with Crippen molar-refractivity contribution < 1.29 is 23.1 Å². The van der Waals surface area contributed by atoms with E-state index < -0.39 is 24.2 Å². The van der Waals surface area contributed by atoms with Gasteiger partial charge in [0.05, 0.1) is 58.3 Å². The van der Waals surface area contributed by atoms with Crippen LogP contribution in [0.1, 0.15) is 73.5 Å². The van der Waals surface area contributed by atoms with Crippen LogP contribution in [-0.2, 0) is 0 Å². The number of nitrogens with zero attached hydrogens (tertiary/aromatic N) is 6. The van der Waals surface area contributed by atoms with Crippen molar-refractivity contribution in [3.8, 4) is 17.5 Å². The Bertz CT molecular complexity index is 1610. The van der Waals surface area contributed by atoms with E-state index in [9.17, 15) is 28.3 Å². The van der Waals surface area contributed by atoms with Crippen molar-refractivity contribution in [2.75, 3.05) is 11.9 Å². The molecule has 4 heterocycles. The first-order valence-corrected chi connectivity index (χ1v) is 13.6. The molecule has 220 valence electrons. The monoisotopic (exact) mass is 580 g/mol. The van der Waals surface area contributed by atoms with E-state index in [0.29, 0.717) is 32.8 Å². The molecule has 4 aromatic heterocycles. The van der Waals surface area contributed by atoms with Crippen LogP contribution in [0.5, 0.6) is 0 Å². The molecule has 1 atom stereocenters. The number of rotatable bonds is 9. The second-order valence-electron chi connectivity index (χ2n) is 11.1. The summed E-state index contributed by atoms with van der Waals surface area (Å²) in [6.07, 6.45) is 7.01. The summed E-state index contributed by atoms with van der Waals surface area (Å²) in [6.45, 7) is -0.399. The van der Waals surface area contributed by atoms with Gasteiger partial charge in [0.2, 0.25) is 0 Å². The number of nitrogens with one attached hydrogen (secondary N) is 2. The predicted octanol–water partition coefficient (Wildman–Crippen LogP) is 4.84. The average Bonchev–Trinajstić information content (AvgIpc) is 3.63. The zero-order valence-corrected chi connectivity index (χ0v) is 23.1. The standard InChI is InChI=1S/C29H31F3N8O2/c1-29(2,42)26(30)15-35-27(41)22-14-34-24(25-8-7-21-9-17(11-33)12-37-40(21)25)10-23(22)38-20-5-3-18(4-6-20)19-13-36-39(16-19)28(31)32/h7-10,12-14,16,18,20,26,28,42H,3-6,15H2,1-2H3,(H,34,38)(H,35,41)/t18-,20-,26-/m1/s1.